The van der Waals surface area contributed by atoms with Gasteiger partial charge in [0.25, 0.3) is 0 Å². The zero-order valence-electron chi connectivity index (χ0n) is 15.5. The van der Waals surface area contributed by atoms with E-state index in [4.69, 9.17) is 9.72 Å². The smallest absolute Gasteiger partial charge is 0.381 e. The van der Waals surface area contributed by atoms with Crippen molar-refractivity contribution >= 4 is 11.2 Å². The molecule has 1 aliphatic heterocycles. The summed E-state index contributed by atoms with van der Waals surface area (Å²) >= 11 is 0. The monoisotopic (exact) mass is 388 g/mol. The van der Waals surface area contributed by atoms with Gasteiger partial charge in [-0.3, -0.25) is 0 Å². The van der Waals surface area contributed by atoms with Crippen molar-refractivity contribution in [2.75, 3.05) is 13.2 Å². The second kappa shape index (κ2) is 7.09. The first kappa shape index (κ1) is 18.7. The maximum absolute atomic E-state index is 12.9. The van der Waals surface area contributed by atoms with Crippen molar-refractivity contribution in [3.05, 3.63) is 47.0 Å². The third-order valence-electron chi connectivity index (χ3n) is 5.03. The molecule has 0 unspecified atom stereocenters. The van der Waals surface area contributed by atoms with Gasteiger partial charge in [-0.2, -0.15) is 13.2 Å². The van der Waals surface area contributed by atoms with Crippen molar-refractivity contribution in [1.82, 2.24) is 19.9 Å². The van der Waals surface area contributed by atoms with Gasteiger partial charge in [0.15, 0.2) is 5.65 Å². The molecule has 0 amide bonds. The molecule has 0 saturated carbocycles. The first-order valence-electron chi connectivity index (χ1n) is 9.11. The molecular weight excluding hydrogens is 369 g/mol. The maximum atomic E-state index is 12.9. The molecule has 1 fully saturated rings. The Morgan fingerprint density at radius 3 is 2.18 bits per heavy atom. The molecule has 5 nitrogen and oxygen atoms in total. The topological polar surface area (TPSA) is 60.8 Å². The number of rotatable bonds is 2. The van der Waals surface area contributed by atoms with Gasteiger partial charge in [0.05, 0.1) is 17.0 Å². The van der Waals surface area contributed by atoms with Crippen LogP contribution in [0.25, 0.3) is 22.4 Å². The minimum absolute atomic E-state index is 0.134. The Morgan fingerprint density at radius 2 is 1.54 bits per heavy atom. The molecule has 0 aliphatic carbocycles. The number of fused-ring (bicyclic) bond motifs is 1. The quantitative estimate of drug-likeness (QED) is 0.641. The Hall–Kier alpha value is -2.61. The molecule has 3 heterocycles. The fraction of sp³-hybridized carbons (Fsp3) is 0.400. The third kappa shape index (κ3) is 3.56. The molecule has 1 saturated heterocycles. The second-order valence-electron chi connectivity index (χ2n) is 6.96. The molecule has 8 heteroatoms. The van der Waals surface area contributed by atoms with Gasteiger partial charge in [0.2, 0.25) is 0 Å². The Bertz CT molecular complexity index is 1010. The number of benzene rings is 1. The highest BCUT2D eigenvalue weighted by atomic mass is 19.4. The van der Waals surface area contributed by atoms with E-state index in [1.807, 2.05) is 13.8 Å². The van der Waals surface area contributed by atoms with E-state index in [1.54, 1.807) is 0 Å². The summed E-state index contributed by atoms with van der Waals surface area (Å²) in [6.45, 7) is 4.97. The van der Waals surface area contributed by atoms with E-state index < -0.39 is 11.7 Å². The number of halogens is 3. The van der Waals surface area contributed by atoms with Gasteiger partial charge in [-0.1, -0.05) is 12.1 Å². The molecule has 146 valence electrons. The Morgan fingerprint density at radius 1 is 0.893 bits per heavy atom. The number of aryl methyl sites for hydroxylation is 2. The van der Waals surface area contributed by atoms with E-state index in [1.165, 1.54) is 12.1 Å². The fourth-order valence-corrected chi connectivity index (χ4v) is 3.29. The zero-order chi connectivity index (χ0) is 19.9. The second-order valence-corrected chi connectivity index (χ2v) is 6.96. The first-order valence-corrected chi connectivity index (χ1v) is 9.11. The highest BCUT2D eigenvalue weighted by Crippen LogP contribution is 2.33. The lowest BCUT2D eigenvalue weighted by Crippen LogP contribution is -2.17. The molecule has 0 bridgehead atoms. The molecule has 0 atom stereocenters. The van der Waals surface area contributed by atoms with Crippen LogP contribution in [-0.2, 0) is 10.9 Å². The van der Waals surface area contributed by atoms with Crippen LogP contribution in [0.2, 0.25) is 0 Å². The summed E-state index contributed by atoms with van der Waals surface area (Å²) in [5.41, 5.74) is 2.85. The lowest BCUT2D eigenvalue weighted by atomic mass is 9.99. The van der Waals surface area contributed by atoms with Crippen LogP contribution in [0.1, 0.15) is 41.5 Å². The Labute approximate surface area is 160 Å². The van der Waals surface area contributed by atoms with Crippen molar-refractivity contribution < 1.29 is 17.9 Å². The third-order valence-corrected chi connectivity index (χ3v) is 5.03. The van der Waals surface area contributed by atoms with Crippen LogP contribution in [0.5, 0.6) is 0 Å². The largest absolute Gasteiger partial charge is 0.416 e. The molecule has 1 aliphatic rings. The fourth-order valence-electron chi connectivity index (χ4n) is 3.29. The van der Waals surface area contributed by atoms with Crippen LogP contribution < -0.4 is 0 Å². The van der Waals surface area contributed by atoms with Gasteiger partial charge in [-0.15, -0.1) is 0 Å². The average molecular weight is 388 g/mol. The molecule has 4 rings (SSSR count). The highest BCUT2D eigenvalue weighted by molar-refractivity contribution is 5.87. The zero-order valence-corrected chi connectivity index (χ0v) is 15.5. The summed E-state index contributed by atoms with van der Waals surface area (Å²) in [5.74, 6) is 0.776. The predicted molar refractivity (Wildman–Crippen MR) is 97.8 cm³/mol. The van der Waals surface area contributed by atoms with Crippen LogP contribution in [0.4, 0.5) is 13.2 Å². The highest BCUT2D eigenvalue weighted by Gasteiger charge is 2.30. The van der Waals surface area contributed by atoms with Crippen LogP contribution in [0.3, 0.4) is 0 Å². The molecule has 0 radical (unpaired) electrons. The standard InChI is InChI=1S/C20H19F3N4O/c1-11-12(2)25-19-17(24-11)16(13-3-5-15(6-4-13)20(21,22)23)26-18(27-19)14-7-9-28-10-8-14/h3-6,14H,7-10H2,1-2H3. The number of aromatic nitrogens is 4. The van der Waals surface area contributed by atoms with Gasteiger partial charge < -0.3 is 4.74 Å². The van der Waals surface area contributed by atoms with Gasteiger partial charge in [-0.25, -0.2) is 19.9 Å². The van der Waals surface area contributed by atoms with E-state index in [2.05, 4.69) is 15.0 Å². The van der Waals surface area contributed by atoms with Crippen LogP contribution in [0.15, 0.2) is 24.3 Å². The number of hydrogen-bond donors (Lipinski definition) is 0. The lowest BCUT2D eigenvalue weighted by Gasteiger charge is -2.21. The summed E-state index contributed by atoms with van der Waals surface area (Å²) < 4.78 is 44.2. The predicted octanol–water partition coefficient (Wildman–Crippen LogP) is 4.62. The van der Waals surface area contributed by atoms with E-state index in [9.17, 15) is 13.2 Å². The first-order chi connectivity index (χ1) is 13.3. The summed E-state index contributed by atoms with van der Waals surface area (Å²) in [6.07, 6.45) is -2.78. The van der Waals surface area contributed by atoms with Crippen LogP contribution >= 0.6 is 0 Å². The van der Waals surface area contributed by atoms with Crippen molar-refractivity contribution in [2.45, 2.75) is 38.8 Å². The molecule has 0 spiro atoms. The number of ether oxygens (including phenoxy) is 1. The van der Waals surface area contributed by atoms with E-state index in [0.29, 0.717) is 41.5 Å². The summed E-state index contributed by atoms with van der Waals surface area (Å²) in [7, 11) is 0. The SMILES string of the molecule is Cc1nc2nc(C3CCOCC3)nc(-c3ccc(C(F)(F)F)cc3)c2nc1C. The van der Waals surface area contributed by atoms with Gasteiger partial charge in [-0.05, 0) is 38.8 Å². The van der Waals surface area contributed by atoms with Crippen molar-refractivity contribution in [1.29, 1.82) is 0 Å². The minimum atomic E-state index is -4.38. The van der Waals surface area contributed by atoms with Gasteiger partial charge >= 0.3 is 6.18 Å². The summed E-state index contributed by atoms with van der Waals surface area (Å²) in [5, 5.41) is 0. The van der Waals surface area contributed by atoms with Crippen molar-refractivity contribution in [3.63, 3.8) is 0 Å². The maximum Gasteiger partial charge on any atom is 0.416 e. The van der Waals surface area contributed by atoms with Crippen molar-refractivity contribution in [3.8, 4) is 11.3 Å². The van der Waals surface area contributed by atoms with E-state index >= 15 is 0 Å². The molecule has 3 aromatic rings. The Kier molecular flexibility index (Phi) is 4.74. The van der Waals surface area contributed by atoms with Crippen molar-refractivity contribution in [2.24, 2.45) is 0 Å². The molecule has 28 heavy (non-hydrogen) atoms. The summed E-state index contributed by atoms with van der Waals surface area (Å²) in [6, 6.07) is 4.97. The van der Waals surface area contributed by atoms with Crippen LogP contribution in [-0.4, -0.2) is 33.1 Å². The minimum Gasteiger partial charge on any atom is -0.381 e. The van der Waals surface area contributed by atoms with Gasteiger partial charge in [0.1, 0.15) is 17.0 Å². The molecule has 0 N–H and O–H groups in total. The number of alkyl halides is 3. The van der Waals surface area contributed by atoms with E-state index in [0.717, 1.165) is 36.4 Å². The molecular formula is C20H19F3N4O. The average Bonchev–Trinajstić information content (AvgIpc) is 2.68. The van der Waals surface area contributed by atoms with E-state index in [-0.39, 0.29) is 5.92 Å². The summed E-state index contributed by atoms with van der Waals surface area (Å²) in [4.78, 5) is 18.5. The molecule has 1 aromatic carbocycles. The van der Waals surface area contributed by atoms with Crippen LogP contribution in [0, 0.1) is 13.8 Å². The Balaban J connectivity index is 1.88. The normalized spacial score (nSPS) is 15.9. The van der Waals surface area contributed by atoms with Gasteiger partial charge in [0, 0.05) is 24.7 Å². The lowest BCUT2D eigenvalue weighted by molar-refractivity contribution is -0.137. The number of hydrogen-bond acceptors (Lipinski definition) is 5. The molecule has 2 aromatic heterocycles. The number of nitrogens with zero attached hydrogens (tertiary/aromatic N) is 4.